The fraction of sp³-hybridized carbons (Fsp3) is 0.143. The molecular formula is C21H19Cl3NOP. The molecule has 1 N–H and O–H groups in total. The average Bonchev–Trinajstić information content (AvgIpc) is 2.67. The predicted octanol–water partition coefficient (Wildman–Crippen LogP) is 5.93. The molecule has 140 valence electrons. The van der Waals surface area contributed by atoms with E-state index < -0.39 is 17.1 Å². The Kier molecular flexibility index (Phi) is 6.35. The zero-order valence-electron chi connectivity index (χ0n) is 14.6. The molecular weight excluding hydrogens is 420 g/mol. The molecule has 1 unspecified atom stereocenters. The highest BCUT2D eigenvalue weighted by molar-refractivity contribution is 7.76. The molecule has 0 aliphatic rings. The van der Waals surface area contributed by atoms with Gasteiger partial charge in [-0.3, -0.25) is 4.57 Å². The number of benzene rings is 3. The molecule has 3 rings (SSSR count). The normalized spacial score (nSPS) is 13.3. The molecule has 0 saturated carbocycles. The third kappa shape index (κ3) is 4.59. The lowest BCUT2D eigenvalue weighted by molar-refractivity contribution is 0.561. The molecule has 0 aliphatic heterocycles. The summed E-state index contributed by atoms with van der Waals surface area (Å²) in [6, 6.07) is 25.3. The molecule has 0 radical (unpaired) electrons. The highest BCUT2D eigenvalue weighted by Crippen LogP contribution is 2.49. The SMILES string of the molecule is Cc1ccccc1C(NP(=O)(c1ccccc1)c1ccccc1)C(Cl)(Cl)Cl. The summed E-state index contributed by atoms with van der Waals surface area (Å²) in [6.07, 6.45) is 0. The van der Waals surface area contributed by atoms with Gasteiger partial charge in [-0.2, -0.15) is 0 Å². The van der Waals surface area contributed by atoms with E-state index >= 15 is 0 Å². The number of nitrogens with one attached hydrogen (secondary N) is 1. The van der Waals surface area contributed by atoms with Crippen molar-refractivity contribution in [1.82, 2.24) is 5.09 Å². The van der Waals surface area contributed by atoms with Gasteiger partial charge < -0.3 is 0 Å². The lowest BCUT2D eigenvalue weighted by Crippen LogP contribution is -2.36. The second-order valence-corrected chi connectivity index (χ2v) is 11.1. The lowest BCUT2D eigenvalue weighted by atomic mass is 10.0. The fourth-order valence-corrected chi connectivity index (χ4v) is 6.21. The number of aryl methyl sites for hydroxylation is 1. The van der Waals surface area contributed by atoms with Gasteiger partial charge in [0.2, 0.25) is 11.1 Å². The van der Waals surface area contributed by atoms with Gasteiger partial charge >= 0.3 is 0 Å². The minimum atomic E-state index is -3.27. The monoisotopic (exact) mass is 437 g/mol. The van der Waals surface area contributed by atoms with E-state index in [-0.39, 0.29) is 0 Å². The summed E-state index contributed by atoms with van der Waals surface area (Å²) in [5, 5.41) is 4.53. The van der Waals surface area contributed by atoms with Crippen molar-refractivity contribution in [3.8, 4) is 0 Å². The fourth-order valence-electron chi connectivity index (χ4n) is 2.99. The Morgan fingerprint density at radius 3 is 1.67 bits per heavy atom. The van der Waals surface area contributed by atoms with Crippen LogP contribution in [0, 0.1) is 6.92 Å². The standard InChI is InChI=1S/C21H19Cl3NOP/c1-16-10-8-9-15-19(16)20(21(22,23)24)25-27(26,17-11-4-2-5-12-17)18-13-6-3-7-14-18/h2-15,20H,1H3,(H,25,26). The van der Waals surface area contributed by atoms with Crippen molar-refractivity contribution in [3.63, 3.8) is 0 Å². The Morgan fingerprint density at radius 1 is 0.778 bits per heavy atom. The first-order valence-corrected chi connectivity index (χ1v) is 11.3. The highest BCUT2D eigenvalue weighted by atomic mass is 35.6. The maximum atomic E-state index is 14.3. The van der Waals surface area contributed by atoms with Crippen LogP contribution >= 0.6 is 42.1 Å². The summed E-state index contributed by atoms with van der Waals surface area (Å²) in [5.74, 6) is 0. The van der Waals surface area contributed by atoms with Crippen molar-refractivity contribution >= 4 is 52.7 Å². The number of rotatable bonds is 5. The number of alkyl halides is 3. The molecule has 0 fully saturated rings. The number of halogens is 3. The van der Waals surface area contributed by atoms with Gasteiger partial charge in [-0.1, -0.05) is 95.5 Å². The van der Waals surface area contributed by atoms with E-state index in [0.717, 1.165) is 11.1 Å². The average molecular weight is 439 g/mol. The molecule has 6 heteroatoms. The van der Waals surface area contributed by atoms with Crippen molar-refractivity contribution in [1.29, 1.82) is 0 Å². The van der Waals surface area contributed by atoms with Crippen LogP contribution in [0.2, 0.25) is 0 Å². The van der Waals surface area contributed by atoms with E-state index in [0.29, 0.717) is 10.6 Å². The van der Waals surface area contributed by atoms with Crippen LogP contribution in [-0.2, 0) is 4.57 Å². The van der Waals surface area contributed by atoms with Crippen LogP contribution < -0.4 is 15.7 Å². The van der Waals surface area contributed by atoms with Crippen molar-refractivity contribution in [2.75, 3.05) is 0 Å². The second-order valence-electron chi connectivity index (χ2n) is 6.24. The van der Waals surface area contributed by atoms with Gasteiger partial charge in [-0.15, -0.1) is 0 Å². The lowest BCUT2D eigenvalue weighted by Gasteiger charge is -2.32. The first-order valence-electron chi connectivity index (χ1n) is 8.44. The second kappa shape index (κ2) is 8.39. The molecule has 3 aromatic carbocycles. The Hall–Kier alpha value is -1.28. The molecule has 1 atom stereocenters. The van der Waals surface area contributed by atoms with Gasteiger partial charge in [0.25, 0.3) is 0 Å². The van der Waals surface area contributed by atoms with Crippen LogP contribution in [0.25, 0.3) is 0 Å². The Balaban J connectivity index is 2.15. The molecule has 0 aromatic heterocycles. The van der Waals surface area contributed by atoms with E-state index in [1.54, 1.807) is 0 Å². The Morgan fingerprint density at radius 2 is 1.22 bits per heavy atom. The van der Waals surface area contributed by atoms with Gasteiger partial charge in [0.05, 0.1) is 6.04 Å². The van der Waals surface area contributed by atoms with Crippen LogP contribution in [-0.4, -0.2) is 3.79 Å². The summed E-state index contributed by atoms with van der Waals surface area (Å²) in [5.41, 5.74) is 1.75. The Labute approximate surface area is 174 Å². The molecule has 0 amide bonds. The molecule has 0 saturated heterocycles. The number of hydrogen-bond donors (Lipinski definition) is 1. The molecule has 2 nitrogen and oxygen atoms in total. The maximum Gasteiger partial charge on any atom is 0.210 e. The van der Waals surface area contributed by atoms with Crippen LogP contribution in [0.4, 0.5) is 0 Å². The van der Waals surface area contributed by atoms with E-state index in [1.165, 1.54) is 0 Å². The highest BCUT2D eigenvalue weighted by Gasteiger charge is 2.40. The van der Waals surface area contributed by atoms with Crippen molar-refractivity contribution in [3.05, 3.63) is 96.1 Å². The third-order valence-corrected chi connectivity index (χ3v) is 7.70. The summed E-state index contributed by atoms with van der Waals surface area (Å²) in [4.78, 5) is 0. The molecule has 0 aliphatic carbocycles. The van der Waals surface area contributed by atoms with Crippen LogP contribution in [0.5, 0.6) is 0 Å². The molecule has 0 heterocycles. The largest absolute Gasteiger partial charge is 0.297 e. The summed E-state index contributed by atoms with van der Waals surface area (Å²) in [6.45, 7) is 1.94. The van der Waals surface area contributed by atoms with E-state index in [2.05, 4.69) is 5.09 Å². The number of hydrogen-bond acceptors (Lipinski definition) is 1. The minimum Gasteiger partial charge on any atom is -0.297 e. The predicted molar refractivity (Wildman–Crippen MR) is 117 cm³/mol. The first-order chi connectivity index (χ1) is 12.8. The third-order valence-electron chi connectivity index (χ3n) is 4.38. The zero-order valence-corrected chi connectivity index (χ0v) is 17.8. The van der Waals surface area contributed by atoms with Gasteiger partial charge in [0.15, 0.2) is 0 Å². The minimum absolute atomic E-state index is 0.657. The van der Waals surface area contributed by atoms with E-state index in [9.17, 15) is 4.57 Å². The topological polar surface area (TPSA) is 29.1 Å². The molecule has 0 spiro atoms. The van der Waals surface area contributed by atoms with Gasteiger partial charge in [0, 0.05) is 10.6 Å². The first kappa shape index (κ1) is 20.5. The van der Waals surface area contributed by atoms with Crippen molar-refractivity contribution in [2.45, 2.75) is 16.8 Å². The van der Waals surface area contributed by atoms with Crippen molar-refractivity contribution < 1.29 is 4.57 Å². The summed E-state index contributed by atoms with van der Waals surface area (Å²) < 4.78 is 12.6. The quantitative estimate of drug-likeness (QED) is 0.395. The van der Waals surface area contributed by atoms with Crippen molar-refractivity contribution in [2.24, 2.45) is 0 Å². The van der Waals surface area contributed by atoms with E-state index in [4.69, 9.17) is 34.8 Å². The summed E-state index contributed by atoms with van der Waals surface area (Å²) >= 11 is 19.0. The maximum absolute atomic E-state index is 14.3. The molecule has 3 aromatic rings. The van der Waals surface area contributed by atoms with Crippen LogP contribution in [0.15, 0.2) is 84.9 Å². The Bertz CT molecular complexity index is 899. The van der Waals surface area contributed by atoms with Crippen LogP contribution in [0.3, 0.4) is 0 Å². The smallest absolute Gasteiger partial charge is 0.210 e. The van der Waals surface area contributed by atoms with Crippen LogP contribution in [0.1, 0.15) is 17.2 Å². The summed E-state index contributed by atoms with van der Waals surface area (Å²) in [7, 11) is -3.27. The van der Waals surface area contributed by atoms with Gasteiger partial charge in [-0.25, -0.2) is 5.09 Å². The van der Waals surface area contributed by atoms with E-state index in [1.807, 2.05) is 91.9 Å². The molecule has 27 heavy (non-hydrogen) atoms. The van der Waals surface area contributed by atoms with Gasteiger partial charge in [0.1, 0.15) is 0 Å². The van der Waals surface area contributed by atoms with Gasteiger partial charge in [-0.05, 0) is 42.3 Å². The molecule has 0 bridgehead atoms. The zero-order chi connectivity index (χ0) is 19.5.